The molecule has 1 aromatic heterocycles. The number of carbonyl (C=O) groups excluding carboxylic acids is 1. The summed E-state index contributed by atoms with van der Waals surface area (Å²) in [6.07, 6.45) is 18.8. The Kier molecular flexibility index (Phi) is 5.65. The van der Waals surface area contributed by atoms with Crippen LogP contribution in [0.4, 0.5) is 0 Å². The maximum atomic E-state index is 12.1. The number of Topliss-reactive ketones (excluding diaryl/α,β-unsaturated/α-hetero) is 1. The fraction of sp³-hybridized carbons (Fsp3) is 0.684. The third-order valence-corrected chi connectivity index (χ3v) is 5.44. The van der Waals surface area contributed by atoms with E-state index < -0.39 is 0 Å². The Morgan fingerprint density at radius 2 is 2.22 bits per heavy atom. The summed E-state index contributed by atoms with van der Waals surface area (Å²) in [7, 11) is 0. The number of nitrogens with one attached hydrogen (secondary N) is 1. The van der Waals surface area contributed by atoms with E-state index in [-0.39, 0.29) is 17.7 Å². The summed E-state index contributed by atoms with van der Waals surface area (Å²) >= 11 is 0. The highest BCUT2D eigenvalue weighted by atomic mass is 16.1. The molecule has 1 heterocycles. The monoisotopic (exact) mass is 315 g/mol. The van der Waals surface area contributed by atoms with Crippen LogP contribution in [0.3, 0.4) is 0 Å². The van der Waals surface area contributed by atoms with Gasteiger partial charge in [0, 0.05) is 12.0 Å². The van der Waals surface area contributed by atoms with E-state index in [9.17, 15) is 4.79 Å². The standard InChI is InChI=1S/C19H29N3O/c20-16(10-14-6-2-1-3-7-14)9-5-4-8-15-11-17(15)19(23)18-12-21-13-22-18/h5,9,12-17H,1-4,6-8,10-11,20H2,(H,21,22)/t15-,16-,17-/m1/s1. The van der Waals surface area contributed by atoms with E-state index in [4.69, 9.17) is 5.73 Å². The van der Waals surface area contributed by atoms with Crippen molar-refractivity contribution in [2.24, 2.45) is 23.5 Å². The third-order valence-electron chi connectivity index (χ3n) is 5.44. The van der Waals surface area contributed by atoms with Crippen LogP contribution in [0.15, 0.2) is 24.7 Å². The van der Waals surface area contributed by atoms with Gasteiger partial charge in [-0.3, -0.25) is 4.79 Å². The molecule has 3 atom stereocenters. The van der Waals surface area contributed by atoms with Crippen molar-refractivity contribution in [2.45, 2.75) is 63.8 Å². The number of imidazole rings is 1. The van der Waals surface area contributed by atoms with Crippen LogP contribution in [0.1, 0.15) is 68.3 Å². The van der Waals surface area contributed by atoms with Gasteiger partial charge in [0.15, 0.2) is 5.78 Å². The highest BCUT2D eigenvalue weighted by molar-refractivity contribution is 5.97. The van der Waals surface area contributed by atoms with Crippen molar-refractivity contribution < 1.29 is 4.79 Å². The molecular formula is C19H29N3O. The molecule has 0 amide bonds. The topological polar surface area (TPSA) is 71.8 Å². The first-order valence-electron chi connectivity index (χ1n) is 9.19. The number of hydrogen-bond acceptors (Lipinski definition) is 3. The van der Waals surface area contributed by atoms with Crippen molar-refractivity contribution in [3.63, 3.8) is 0 Å². The summed E-state index contributed by atoms with van der Waals surface area (Å²) in [5, 5.41) is 0. The highest BCUT2D eigenvalue weighted by Crippen LogP contribution is 2.44. The third kappa shape index (κ3) is 4.77. The number of ketones is 1. The minimum atomic E-state index is 0.208. The van der Waals surface area contributed by atoms with Gasteiger partial charge in [-0.15, -0.1) is 0 Å². The van der Waals surface area contributed by atoms with Gasteiger partial charge in [0.05, 0.1) is 12.5 Å². The van der Waals surface area contributed by atoms with Crippen LogP contribution in [0.2, 0.25) is 0 Å². The van der Waals surface area contributed by atoms with Crippen molar-refractivity contribution in [3.05, 3.63) is 30.4 Å². The van der Waals surface area contributed by atoms with Gasteiger partial charge in [0.1, 0.15) is 5.69 Å². The molecule has 4 nitrogen and oxygen atoms in total. The van der Waals surface area contributed by atoms with E-state index >= 15 is 0 Å². The number of aromatic amines is 1. The summed E-state index contributed by atoms with van der Waals surface area (Å²) < 4.78 is 0. The number of hydrogen-bond donors (Lipinski definition) is 2. The van der Waals surface area contributed by atoms with E-state index in [2.05, 4.69) is 22.1 Å². The van der Waals surface area contributed by atoms with Crippen LogP contribution in [0.5, 0.6) is 0 Å². The first-order valence-corrected chi connectivity index (χ1v) is 9.19. The van der Waals surface area contributed by atoms with Crippen LogP contribution in [0, 0.1) is 17.8 Å². The van der Waals surface area contributed by atoms with Gasteiger partial charge in [-0.25, -0.2) is 4.98 Å². The predicted octanol–water partition coefficient (Wildman–Crippen LogP) is 3.86. The minimum absolute atomic E-state index is 0.208. The second kappa shape index (κ2) is 7.91. The van der Waals surface area contributed by atoms with Crippen LogP contribution < -0.4 is 5.73 Å². The zero-order valence-electron chi connectivity index (χ0n) is 13.9. The Morgan fingerprint density at radius 3 is 2.96 bits per heavy atom. The van der Waals surface area contributed by atoms with E-state index in [0.29, 0.717) is 11.6 Å². The number of nitrogens with zero attached hydrogens (tertiary/aromatic N) is 1. The molecule has 4 heteroatoms. The number of H-pyrrole nitrogens is 1. The molecule has 126 valence electrons. The molecule has 0 radical (unpaired) electrons. The lowest BCUT2D eigenvalue weighted by Crippen LogP contribution is -2.22. The van der Waals surface area contributed by atoms with Gasteiger partial charge in [-0.1, -0.05) is 44.3 Å². The lowest BCUT2D eigenvalue weighted by molar-refractivity contribution is 0.0956. The second-order valence-corrected chi connectivity index (χ2v) is 7.34. The number of carbonyl (C=O) groups is 1. The van der Waals surface area contributed by atoms with Gasteiger partial charge in [0.25, 0.3) is 0 Å². The molecular weight excluding hydrogens is 286 g/mol. The molecule has 0 bridgehead atoms. The number of rotatable bonds is 8. The highest BCUT2D eigenvalue weighted by Gasteiger charge is 2.42. The predicted molar refractivity (Wildman–Crippen MR) is 92.1 cm³/mol. The van der Waals surface area contributed by atoms with Gasteiger partial charge in [0.2, 0.25) is 0 Å². The fourth-order valence-corrected chi connectivity index (χ4v) is 3.95. The van der Waals surface area contributed by atoms with Crippen LogP contribution in [-0.2, 0) is 0 Å². The molecule has 0 aliphatic heterocycles. The van der Waals surface area contributed by atoms with E-state index in [0.717, 1.165) is 31.6 Å². The summed E-state index contributed by atoms with van der Waals surface area (Å²) in [6.45, 7) is 0. The number of aromatic nitrogens is 2. The molecule has 2 aliphatic carbocycles. The average Bonchev–Trinajstić information content (AvgIpc) is 3.12. The quantitative estimate of drug-likeness (QED) is 0.565. The van der Waals surface area contributed by atoms with Gasteiger partial charge >= 0.3 is 0 Å². The van der Waals surface area contributed by atoms with Gasteiger partial charge in [-0.05, 0) is 37.5 Å². The van der Waals surface area contributed by atoms with E-state index in [1.54, 1.807) is 12.5 Å². The SMILES string of the molecule is N[C@H](C=CCC[C@@H]1C[C@H]1C(=O)c1cnc[nH]1)CC1CCCCC1. The first kappa shape index (κ1) is 16.4. The molecule has 0 spiro atoms. The van der Waals surface area contributed by atoms with E-state index in [1.807, 2.05) is 0 Å². The molecule has 1 aromatic rings. The normalized spacial score (nSPS) is 26.5. The molecule has 2 aliphatic rings. The molecule has 2 saturated carbocycles. The Labute approximate surface area is 138 Å². The zero-order chi connectivity index (χ0) is 16.1. The number of nitrogens with two attached hydrogens (primary N) is 1. The first-order chi connectivity index (χ1) is 11.2. The fourth-order valence-electron chi connectivity index (χ4n) is 3.95. The second-order valence-electron chi connectivity index (χ2n) is 7.34. The summed E-state index contributed by atoms with van der Waals surface area (Å²) in [5.41, 5.74) is 6.88. The lowest BCUT2D eigenvalue weighted by Gasteiger charge is -2.23. The van der Waals surface area contributed by atoms with Gasteiger partial charge in [-0.2, -0.15) is 0 Å². The Hall–Kier alpha value is -1.42. The van der Waals surface area contributed by atoms with Crippen molar-refractivity contribution in [3.8, 4) is 0 Å². The van der Waals surface area contributed by atoms with Crippen molar-refractivity contribution in [1.82, 2.24) is 9.97 Å². The van der Waals surface area contributed by atoms with Crippen LogP contribution >= 0.6 is 0 Å². The van der Waals surface area contributed by atoms with E-state index in [1.165, 1.54) is 32.1 Å². The van der Waals surface area contributed by atoms with Gasteiger partial charge < -0.3 is 10.7 Å². The molecule has 23 heavy (non-hydrogen) atoms. The average molecular weight is 315 g/mol. The lowest BCUT2D eigenvalue weighted by atomic mass is 9.85. The Morgan fingerprint density at radius 1 is 1.39 bits per heavy atom. The molecule has 3 rings (SSSR count). The Balaban J connectivity index is 1.31. The molecule has 0 aromatic carbocycles. The Bertz CT molecular complexity index is 517. The maximum Gasteiger partial charge on any atom is 0.183 e. The van der Waals surface area contributed by atoms with Crippen molar-refractivity contribution in [2.75, 3.05) is 0 Å². The molecule has 2 fully saturated rings. The molecule has 3 N–H and O–H groups in total. The van der Waals surface area contributed by atoms with Crippen LogP contribution in [-0.4, -0.2) is 21.8 Å². The summed E-state index contributed by atoms with van der Waals surface area (Å²) in [4.78, 5) is 19.0. The smallest absolute Gasteiger partial charge is 0.183 e. The largest absolute Gasteiger partial charge is 0.342 e. The zero-order valence-corrected chi connectivity index (χ0v) is 13.9. The summed E-state index contributed by atoms with van der Waals surface area (Å²) in [6, 6.07) is 0.208. The van der Waals surface area contributed by atoms with Crippen molar-refractivity contribution >= 4 is 5.78 Å². The summed E-state index contributed by atoms with van der Waals surface area (Å²) in [5.74, 6) is 1.82. The number of allylic oxidation sites excluding steroid dienone is 1. The van der Waals surface area contributed by atoms with Crippen molar-refractivity contribution in [1.29, 1.82) is 0 Å². The maximum absolute atomic E-state index is 12.1. The minimum Gasteiger partial charge on any atom is -0.342 e. The molecule has 0 unspecified atom stereocenters. The van der Waals surface area contributed by atoms with Crippen LogP contribution in [0.25, 0.3) is 0 Å². The molecule has 0 saturated heterocycles.